The summed E-state index contributed by atoms with van der Waals surface area (Å²) in [6.07, 6.45) is 26.5. The number of ether oxygens (including phenoxy) is 1. The molecular weight excluding hydrogens is 548 g/mol. The summed E-state index contributed by atoms with van der Waals surface area (Å²) >= 11 is 0. The molecule has 0 atom stereocenters. The number of hydrogen-bond donors (Lipinski definition) is 0. The minimum atomic E-state index is 0.0488. The predicted octanol–water partition coefficient (Wildman–Crippen LogP) is 12.6. The third kappa shape index (κ3) is 16.6. The lowest BCUT2D eigenvalue weighted by Crippen LogP contribution is -1.96. The molecule has 0 spiro atoms. The van der Waals surface area contributed by atoms with Gasteiger partial charge in [0.15, 0.2) is 5.78 Å². The Hall–Kier alpha value is -3.23. The Bertz CT molecular complexity index is 1220. The lowest BCUT2D eigenvalue weighted by atomic mass is 10.0. The van der Waals surface area contributed by atoms with Gasteiger partial charge in [0, 0.05) is 12.2 Å². The first-order chi connectivity index (χ1) is 22.1. The van der Waals surface area contributed by atoms with Gasteiger partial charge in [-0.05, 0) is 54.5 Å². The smallest absolute Gasteiger partial charge is 0.185 e. The maximum Gasteiger partial charge on any atom is 0.185 e. The van der Waals surface area contributed by atoms with Crippen LogP contribution in [-0.2, 0) is 17.8 Å². The first kappa shape index (κ1) is 36.2. The van der Waals surface area contributed by atoms with Crippen molar-refractivity contribution in [3.8, 4) is 0 Å². The van der Waals surface area contributed by atoms with Crippen molar-refractivity contribution in [3.63, 3.8) is 0 Å². The molecule has 0 heterocycles. The van der Waals surface area contributed by atoms with E-state index < -0.39 is 0 Å². The van der Waals surface area contributed by atoms with Crippen molar-refractivity contribution in [3.05, 3.63) is 119 Å². The molecule has 0 amide bonds. The fourth-order valence-corrected chi connectivity index (χ4v) is 5.75. The number of rotatable bonds is 25. The maximum absolute atomic E-state index is 12.2. The van der Waals surface area contributed by atoms with E-state index in [1.807, 2.05) is 43.3 Å². The number of carbonyl (C=O) groups is 1. The van der Waals surface area contributed by atoms with E-state index in [2.05, 4.69) is 55.1 Å². The molecule has 0 unspecified atom stereocenters. The molecule has 0 radical (unpaired) electrons. The van der Waals surface area contributed by atoms with Crippen LogP contribution in [0.4, 0.5) is 0 Å². The van der Waals surface area contributed by atoms with Crippen LogP contribution in [0.1, 0.15) is 142 Å². The van der Waals surface area contributed by atoms with Gasteiger partial charge in [-0.25, -0.2) is 0 Å². The summed E-state index contributed by atoms with van der Waals surface area (Å²) in [5.74, 6) is 0.0488. The number of ketones is 1. The number of benzene rings is 3. The van der Waals surface area contributed by atoms with E-state index in [-0.39, 0.29) is 5.78 Å². The lowest BCUT2D eigenvalue weighted by Gasteiger charge is -2.06. The number of unbranched alkanes of at least 4 members (excludes halogenated alkanes) is 15. The Balaban J connectivity index is 1.03. The van der Waals surface area contributed by atoms with Gasteiger partial charge < -0.3 is 4.74 Å². The van der Waals surface area contributed by atoms with Crippen LogP contribution in [0.25, 0.3) is 11.6 Å². The van der Waals surface area contributed by atoms with Gasteiger partial charge >= 0.3 is 0 Å². The van der Waals surface area contributed by atoms with Crippen LogP contribution in [0.2, 0.25) is 0 Å². The molecule has 242 valence electrons. The Morgan fingerprint density at radius 2 is 1.07 bits per heavy atom. The van der Waals surface area contributed by atoms with Crippen LogP contribution in [0.5, 0.6) is 0 Å². The van der Waals surface area contributed by atoms with Gasteiger partial charge in [0.05, 0.1) is 6.61 Å². The number of aryl methyl sites for hydroxylation is 1. The third-order valence-electron chi connectivity index (χ3n) is 8.68. The minimum Gasteiger partial charge on any atom is -0.377 e. The fourth-order valence-electron chi connectivity index (χ4n) is 5.75. The summed E-state index contributed by atoms with van der Waals surface area (Å²) in [4.78, 5) is 12.2. The molecule has 3 aromatic rings. The Kier molecular flexibility index (Phi) is 18.6. The minimum absolute atomic E-state index is 0.0488. The number of allylic oxidation sites excluding steroid dienone is 2. The highest BCUT2D eigenvalue weighted by atomic mass is 16.5. The second-order valence-electron chi connectivity index (χ2n) is 12.7. The quantitative estimate of drug-likeness (QED) is 0.0545. The molecule has 0 N–H and O–H groups in total. The van der Waals surface area contributed by atoms with E-state index in [9.17, 15) is 4.79 Å². The molecule has 2 nitrogen and oxygen atoms in total. The standard InChI is InChI=1S/C43H58O2/c1-37(2)41-32-29-40(30-33-41)36-45-35-21-16-14-12-10-8-6-4-3-5-7-9-11-13-15-18-22-38-25-27-39(28-26-38)31-34-43(44)42-23-19-17-20-24-42/h17,19-20,23-34H,1,3-16,18,21-22,35-36H2,2H3. The molecule has 0 aromatic heterocycles. The van der Waals surface area contributed by atoms with Gasteiger partial charge in [0.2, 0.25) is 0 Å². The molecular formula is C43H58O2. The topological polar surface area (TPSA) is 26.3 Å². The highest BCUT2D eigenvalue weighted by Gasteiger charge is 2.01. The van der Waals surface area contributed by atoms with Crippen molar-refractivity contribution in [2.24, 2.45) is 0 Å². The highest BCUT2D eigenvalue weighted by molar-refractivity contribution is 6.06. The van der Waals surface area contributed by atoms with E-state index in [0.29, 0.717) is 6.61 Å². The summed E-state index contributed by atoms with van der Waals surface area (Å²) < 4.78 is 5.85. The van der Waals surface area contributed by atoms with E-state index >= 15 is 0 Å². The van der Waals surface area contributed by atoms with Gasteiger partial charge in [0.25, 0.3) is 0 Å². The lowest BCUT2D eigenvalue weighted by molar-refractivity contribution is 0.104. The largest absolute Gasteiger partial charge is 0.377 e. The Labute approximate surface area is 275 Å². The monoisotopic (exact) mass is 606 g/mol. The van der Waals surface area contributed by atoms with Crippen LogP contribution in [0.3, 0.4) is 0 Å². The van der Waals surface area contributed by atoms with Crippen LogP contribution < -0.4 is 0 Å². The zero-order valence-corrected chi connectivity index (χ0v) is 28.1. The normalized spacial score (nSPS) is 11.3. The second-order valence-corrected chi connectivity index (χ2v) is 12.7. The van der Waals surface area contributed by atoms with Crippen molar-refractivity contribution < 1.29 is 9.53 Å². The zero-order chi connectivity index (χ0) is 31.8. The van der Waals surface area contributed by atoms with Crippen LogP contribution >= 0.6 is 0 Å². The van der Waals surface area contributed by atoms with E-state index in [4.69, 9.17) is 4.74 Å². The van der Waals surface area contributed by atoms with Crippen molar-refractivity contribution in [2.75, 3.05) is 6.61 Å². The van der Waals surface area contributed by atoms with Crippen molar-refractivity contribution in [2.45, 2.75) is 123 Å². The van der Waals surface area contributed by atoms with Crippen LogP contribution in [0.15, 0.2) is 91.5 Å². The predicted molar refractivity (Wildman–Crippen MR) is 195 cm³/mol. The van der Waals surface area contributed by atoms with E-state index in [1.54, 1.807) is 6.08 Å². The number of carbonyl (C=O) groups excluding carboxylic acids is 1. The SMILES string of the molecule is C=C(C)c1ccc(COCCCCCCCCCCCCCCCCCCc2ccc(C=CC(=O)c3ccccc3)cc2)cc1. The molecule has 3 rings (SSSR count). The summed E-state index contributed by atoms with van der Waals surface area (Å²) in [6.45, 7) is 7.62. The highest BCUT2D eigenvalue weighted by Crippen LogP contribution is 2.16. The Morgan fingerprint density at radius 1 is 0.578 bits per heavy atom. The van der Waals surface area contributed by atoms with Crippen LogP contribution in [-0.4, -0.2) is 12.4 Å². The number of hydrogen-bond acceptors (Lipinski definition) is 2. The summed E-state index contributed by atoms with van der Waals surface area (Å²) in [7, 11) is 0. The van der Waals surface area contributed by atoms with Gasteiger partial charge in [-0.1, -0.05) is 187 Å². The fraction of sp³-hybridized carbons (Fsp3) is 0.465. The van der Waals surface area contributed by atoms with E-state index in [1.165, 1.54) is 119 Å². The summed E-state index contributed by atoms with van der Waals surface area (Å²) in [5.41, 5.74) is 6.76. The van der Waals surface area contributed by atoms with E-state index in [0.717, 1.165) is 29.7 Å². The molecule has 0 aliphatic rings. The van der Waals surface area contributed by atoms with Crippen molar-refractivity contribution in [1.29, 1.82) is 0 Å². The second kappa shape index (κ2) is 23.2. The average Bonchev–Trinajstić information content (AvgIpc) is 3.07. The molecule has 0 saturated heterocycles. The molecule has 0 saturated carbocycles. The molecule has 2 heteroatoms. The van der Waals surface area contributed by atoms with Gasteiger partial charge in [-0.2, -0.15) is 0 Å². The molecule has 0 aliphatic heterocycles. The Morgan fingerprint density at radius 3 is 1.60 bits per heavy atom. The van der Waals surface area contributed by atoms with Gasteiger partial charge in [-0.3, -0.25) is 4.79 Å². The first-order valence-corrected chi connectivity index (χ1v) is 17.8. The summed E-state index contributed by atoms with van der Waals surface area (Å²) in [5, 5.41) is 0. The molecule has 3 aromatic carbocycles. The average molecular weight is 607 g/mol. The zero-order valence-electron chi connectivity index (χ0n) is 28.1. The third-order valence-corrected chi connectivity index (χ3v) is 8.68. The van der Waals surface area contributed by atoms with Crippen LogP contribution in [0, 0.1) is 0 Å². The summed E-state index contributed by atoms with van der Waals surface area (Å²) in [6, 6.07) is 26.6. The molecule has 0 fully saturated rings. The first-order valence-electron chi connectivity index (χ1n) is 17.8. The van der Waals surface area contributed by atoms with Gasteiger partial charge in [0.1, 0.15) is 0 Å². The van der Waals surface area contributed by atoms with Gasteiger partial charge in [-0.15, -0.1) is 0 Å². The molecule has 0 aliphatic carbocycles. The molecule has 45 heavy (non-hydrogen) atoms. The molecule has 0 bridgehead atoms. The van der Waals surface area contributed by atoms with Crippen molar-refractivity contribution >= 4 is 17.4 Å². The van der Waals surface area contributed by atoms with Crippen molar-refractivity contribution in [1.82, 2.24) is 0 Å². The maximum atomic E-state index is 12.2.